The number of aromatic nitrogens is 1. The molecule has 0 saturated carbocycles. The lowest BCUT2D eigenvalue weighted by atomic mass is 10.2. The van der Waals surface area contributed by atoms with Gasteiger partial charge in [0.1, 0.15) is 12.3 Å². The first-order chi connectivity index (χ1) is 12.8. The van der Waals surface area contributed by atoms with E-state index in [-0.39, 0.29) is 18.8 Å². The summed E-state index contributed by atoms with van der Waals surface area (Å²) < 4.78 is 47.2. The minimum absolute atomic E-state index is 0.0822. The summed E-state index contributed by atoms with van der Waals surface area (Å²) in [4.78, 5) is 23.9. The Kier molecular flexibility index (Phi) is 5.20. The monoisotopic (exact) mass is 380 g/mol. The van der Waals surface area contributed by atoms with E-state index in [1.54, 1.807) is 36.4 Å². The number of hydrogen-bond acceptors (Lipinski definition) is 4. The molecule has 0 aliphatic carbocycles. The molecule has 0 atom stereocenters. The van der Waals surface area contributed by atoms with Crippen molar-refractivity contribution in [3.05, 3.63) is 64.6 Å². The number of hydrogen-bond donors (Lipinski definition) is 1. The maximum atomic E-state index is 12.1. The number of rotatable bonds is 6. The maximum absolute atomic E-state index is 12.1. The van der Waals surface area contributed by atoms with E-state index in [1.165, 1.54) is 16.7 Å². The second kappa shape index (κ2) is 7.56. The second-order valence-electron chi connectivity index (χ2n) is 5.75. The Labute approximate surface area is 151 Å². The van der Waals surface area contributed by atoms with Crippen LogP contribution in [-0.4, -0.2) is 23.3 Å². The number of fused-ring (bicyclic) bond motifs is 1. The number of nitrogens with one attached hydrogen (secondary N) is 1. The van der Waals surface area contributed by atoms with E-state index in [1.807, 2.05) is 0 Å². The molecule has 3 aromatic rings. The Bertz CT molecular complexity index is 990. The highest BCUT2D eigenvalue weighted by Crippen LogP contribution is 2.19. The first-order valence-corrected chi connectivity index (χ1v) is 7.95. The molecule has 6 nitrogen and oxygen atoms in total. The first kappa shape index (κ1) is 18.6. The minimum Gasteiger partial charge on any atom is -0.484 e. The number of oxazole rings is 1. The SMILES string of the molecule is O=C(Cn1c(=O)oc2ccccc21)NCc1ccc(OCC(F)(F)F)cc1. The lowest BCUT2D eigenvalue weighted by Crippen LogP contribution is -2.30. The Balaban J connectivity index is 1.56. The summed E-state index contributed by atoms with van der Waals surface area (Å²) in [5.41, 5.74) is 1.58. The molecular weight excluding hydrogens is 365 g/mol. The number of amides is 1. The zero-order chi connectivity index (χ0) is 19.4. The van der Waals surface area contributed by atoms with E-state index in [4.69, 9.17) is 4.42 Å². The summed E-state index contributed by atoms with van der Waals surface area (Å²) in [5, 5.41) is 2.64. The van der Waals surface area contributed by atoms with Gasteiger partial charge in [-0.1, -0.05) is 24.3 Å². The number of nitrogens with zero attached hydrogens (tertiary/aromatic N) is 1. The summed E-state index contributed by atoms with van der Waals surface area (Å²) >= 11 is 0. The minimum atomic E-state index is -4.40. The molecule has 0 aliphatic heterocycles. The number of carbonyl (C=O) groups is 1. The fraction of sp³-hybridized carbons (Fsp3) is 0.222. The van der Waals surface area contributed by atoms with E-state index in [9.17, 15) is 22.8 Å². The van der Waals surface area contributed by atoms with Gasteiger partial charge in [-0.3, -0.25) is 9.36 Å². The fourth-order valence-corrected chi connectivity index (χ4v) is 2.43. The van der Waals surface area contributed by atoms with Gasteiger partial charge in [-0.15, -0.1) is 0 Å². The third kappa shape index (κ3) is 4.90. The smallest absolute Gasteiger partial charge is 0.422 e. The third-order valence-corrected chi connectivity index (χ3v) is 3.69. The predicted octanol–water partition coefficient (Wildman–Crippen LogP) is 2.85. The standard InChI is InChI=1S/C18H15F3N2O4/c19-18(20,21)11-26-13-7-5-12(6-8-13)9-22-16(24)10-23-14-3-1-2-4-15(14)27-17(23)25/h1-8H,9-11H2,(H,22,24). The summed E-state index contributed by atoms with van der Waals surface area (Å²) in [6, 6.07) is 12.6. The van der Waals surface area contributed by atoms with E-state index in [0.717, 1.165) is 0 Å². The zero-order valence-corrected chi connectivity index (χ0v) is 14.0. The quantitative estimate of drug-likeness (QED) is 0.714. The van der Waals surface area contributed by atoms with Gasteiger partial charge in [-0.25, -0.2) is 4.79 Å². The summed E-state index contributed by atoms with van der Waals surface area (Å²) in [6.07, 6.45) is -4.40. The number of benzene rings is 2. The van der Waals surface area contributed by atoms with Crippen LogP contribution in [0, 0.1) is 0 Å². The average Bonchev–Trinajstić information content (AvgIpc) is 2.94. The van der Waals surface area contributed by atoms with Crippen LogP contribution in [0.15, 0.2) is 57.7 Å². The van der Waals surface area contributed by atoms with Crippen molar-refractivity contribution in [2.75, 3.05) is 6.61 Å². The van der Waals surface area contributed by atoms with Gasteiger partial charge in [0.2, 0.25) is 5.91 Å². The molecule has 1 aromatic heterocycles. The third-order valence-electron chi connectivity index (χ3n) is 3.69. The molecule has 1 heterocycles. The molecule has 1 N–H and O–H groups in total. The first-order valence-electron chi connectivity index (χ1n) is 7.95. The largest absolute Gasteiger partial charge is 0.484 e. The zero-order valence-electron chi connectivity index (χ0n) is 14.0. The molecule has 0 fully saturated rings. The highest BCUT2D eigenvalue weighted by atomic mass is 19.4. The topological polar surface area (TPSA) is 73.5 Å². The highest BCUT2D eigenvalue weighted by Gasteiger charge is 2.28. The molecule has 1 amide bonds. The van der Waals surface area contributed by atoms with E-state index < -0.39 is 24.4 Å². The molecule has 3 rings (SSSR count). The molecular formula is C18H15F3N2O4. The van der Waals surface area contributed by atoms with E-state index >= 15 is 0 Å². The molecule has 0 spiro atoms. The molecule has 0 radical (unpaired) electrons. The van der Waals surface area contributed by atoms with Crippen molar-refractivity contribution < 1.29 is 27.1 Å². The number of alkyl halides is 3. The number of ether oxygens (including phenoxy) is 1. The van der Waals surface area contributed by atoms with Crippen LogP contribution in [0.2, 0.25) is 0 Å². The van der Waals surface area contributed by atoms with Gasteiger partial charge in [0.05, 0.1) is 5.52 Å². The van der Waals surface area contributed by atoms with E-state index in [0.29, 0.717) is 16.7 Å². The Morgan fingerprint density at radius 1 is 1.11 bits per heavy atom. The Morgan fingerprint density at radius 3 is 2.52 bits per heavy atom. The van der Waals surface area contributed by atoms with Crippen LogP contribution in [0.4, 0.5) is 13.2 Å². The van der Waals surface area contributed by atoms with Crippen molar-refractivity contribution in [1.29, 1.82) is 0 Å². The van der Waals surface area contributed by atoms with Crippen molar-refractivity contribution in [1.82, 2.24) is 9.88 Å². The van der Waals surface area contributed by atoms with Gasteiger partial charge in [0.15, 0.2) is 12.2 Å². The van der Waals surface area contributed by atoms with Crippen LogP contribution in [-0.2, 0) is 17.9 Å². The maximum Gasteiger partial charge on any atom is 0.422 e. The van der Waals surface area contributed by atoms with Crippen LogP contribution in [0.25, 0.3) is 11.1 Å². The van der Waals surface area contributed by atoms with Crippen LogP contribution < -0.4 is 15.8 Å². The van der Waals surface area contributed by atoms with Crippen molar-refractivity contribution in [2.45, 2.75) is 19.3 Å². The van der Waals surface area contributed by atoms with Crippen LogP contribution in [0.3, 0.4) is 0 Å². The van der Waals surface area contributed by atoms with Crippen LogP contribution in [0.5, 0.6) is 5.75 Å². The average molecular weight is 380 g/mol. The molecule has 9 heteroatoms. The highest BCUT2D eigenvalue weighted by molar-refractivity contribution is 5.79. The Morgan fingerprint density at radius 2 is 1.81 bits per heavy atom. The fourth-order valence-electron chi connectivity index (χ4n) is 2.43. The molecule has 0 aliphatic rings. The van der Waals surface area contributed by atoms with Gasteiger partial charge in [0, 0.05) is 6.54 Å². The van der Waals surface area contributed by atoms with E-state index in [2.05, 4.69) is 10.1 Å². The normalized spacial score (nSPS) is 11.5. The Hall–Kier alpha value is -3.23. The summed E-state index contributed by atoms with van der Waals surface area (Å²) in [6.45, 7) is -1.41. The molecule has 2 aromatic carbocycles. The van der Waals surface area contributed by atoms with Crippen molar-refractivity contribution >= 4 is 17.0 Å². The van der Waals surface area contributed by atoms with Gasteiger partial charge in [0.25, 0.3) is 0 Å². The predicted molar refractivity (Wildman–Crippen MR) is 90.3 cm³/mol. The second-order valence-corrected chi connectivity index (χ2v) is 5.75. The summed E-state index contributed by atoms with van der Waals surface area (Å²) in [5.74, 6) is -0.947. The van der Waals surface area contributed by atoms with Gasteiger partial charge < -0.3 is 14.5 Å². The molecule has 0 bridgehead atoms. The van der Waals surface area contributed by atoms with Crippen molar-refractivity contribution in [3.8, 4) is 5.75 Å². The van der Waals surface area contributed by atoms with Crippen molar-refractivity contribution in [2.24, 2.45) is 0 Å². The number of carbonyl (C=O) groups excluding carboxylic acids is 1. The molecule has 27 heavy (non-hydrogen) atoms. The lowest BCUT2D eigenvalue weighted by molar-refractivity contribution is -0.153. The van der Waals surface area contributed by atoms with Gasteiger partial charge in [-0.05, 0) is 29.8 Å². The van der Waals surface area contributed by atoms with Gasteiger partial charge in [-0.2, -0.15) is 13.2 Å². The van der Waals surface area contributed by atoms with Crippen molar-refractivity contribution in [3.63, 3.8) is 0 Å². The molecule has 0 saturated heterocycles. The molecule has 0 unspecified atom stereocenters. The van der Waals surface area contributed by atoms with Crippen LogP contribution >= 0.6 is 0 Å². The van der Waals surface area contributed by atoms with Gasteiger partial charge >= 0.3 is 11.9 Å². The van der Waals surface area contributed by atoms with Crippen LogP contribution in [0.1, 0.15) is 5.56 Å². The number of halogens is 3. The number of para-hydroxylation sites is 2. The molecule has 142 valence electrons. The lowest BCUT2D eigenvalue weighted by Gasteiger charge is -2.10. The summed E-state index contributed by atoms with van der Waals surface area (Å²) in [7, 11) is 0.